The number of anilines is 1. The lowest BCUT2D eigenvalue weighted by Crippen LogP contribution is -2.49. The number of benzene rings is 2. The van der Waals surface area contributed by atoms with Gasteiger partial charge in [0.05, 0.1) is 28.1 Å². The highest BCUT2D eigenvalue weighted by Gasteiger charge is 2.46. The third kappa shape index (κ3) is 2.76. The fourth-order valence-corrected chi connectivity index (χ4v) is 4.42. The fourth-order valence-electron chi connectivity index (χ4n) is 4.42. The van der Waals surface area contributed by atoms with Crippen molar-refractivity contribution in [3.05, 3.63) is 63.7 Å². The van der Waals surface area contributed by atoms with Gasteiger partial charge in [0.2, 0.25) is 5.95 Å². The number of para-hydroxylation sites is 1. The minimum Gasteiger partial charge on any atom is -0.366 e. The summed E-state index contributed by atoms with van der Waals surface area (Å²) >= 11 is 0. The number of amides is 2. The number of likely N-dealkylation sites (tertiary alicyclic amines) is 1. The highest BCUT2D eigenvalue weighted by Crippen LogP contribution is 2.35. The lowest BCUT2D eigenvalue weighted by atomic mass is 10.1. The molecule has 2 aliphatic heterocycles. The van der Waals surface area contributed by atoms with E-state index in [-0.39, 0.29) is 23.7 Å². The lowest BCUT2D eigenvalue weighted by Gasteiger charge is -2.34. The molecule has 2 saturated heterocycles. The first kappa shape index (κ1) is 18.1. The zero-order valence-electron chi connectivity index (χ0n) is 15.8. The van der Waals surface area contributed by atoms with Crippen molar-refractivity contribution in [1.82, 2.24) is 14.9 Å². The van der Waals surface area contributed by atoms with E-state index in [9.17, 15) is 19.7 Å². The predicted molar refractivity (Wildman–Crippen MR) is 108 cm³/mol. The van der Waals surface area contributed by atoms with Gasteiger partial charge in [0.1, 0.15) is 5.52 Å². The van der Waals surface area contributed by atoms with E-state index in [1.54, 1.807) is 12.1 Å². The highest BCUT2D eigenvalue weighted by atomic mass is 16.6. The molecule has 2 amide bonds. The number of fused-ring (bicyclic) bond motifs is 3. The van der Waals surface area contributed by atoms with Gasteiger partial charge in [-0.3, -0.25) is 19.7 Å². The topological polar surface area (TPSA) is 138 Å². The molecule has 3 aromatic rings. The van der Waals surface area contributed by atoms with E-state index in [0.29, 0.717) is 35.7 Å². The van der Waals surface area contributed by atoms with Crippen LogP contribution in [0.15, 0.2) is 42.5 Å². The van der Waals surface area contributed by atoms with Crippen LogP contribution in [0.25, 0.3) is 11.0 Å². The first-order chi connectivity index (χ1) is 14.4. The molecule has 3 N–H and O–H groups in total. The summed E-state index contributed by atoms with van der Waals surface area (Å²) in [6, 6.07) is 11.1. The van der Waals surface area contributed by atoms with E-state index in [4.69, 9.17) is 5.73 Å². The van der Waals surface area contributed by atoms with Crippen LogP contribution in [0.2, 0.25) is 0 Å². The number of nitrogens with two attached hydrogens (primary N) is 1. The second-order valence-electron chi connectivity index (χ2n) is 7.58. The number of nitrogens with zero attached hydrogens (tertiary/aromatic N) is 4. The molecule has 2 bridgehead atoms. The van der Waals surface area contributed by atoms with Crippen molar-refractivity contribution in [1.29, 1.82) is 0 Å². The van der Waals surface area contributed by atoms with Gasteiger partial charge in [0, 0.05) is 30.8 Å². The molecular weight excluding hydrogens is 388 g/mol. The van der Waals surface area contributed by atoms with Crippen LogP contribution >= 0.6 is 0 Å². The van der Waals surface area contributed by atoms with Gasteiger partial charge in [-0.25, -0.2) is 4.98 Å². The number of nitro groups is 1. The lowest BCUT2D eigenvalue weighted by molar-refractivity contribution is -0.384. The molecule has 0 spiro atoms. The summed E-state index contributed by atoms with van der Waals surface area (Å²) in [6.07, 6.45) is 0.818. The van der Waals surface area contributed by atoms with Crippen molar-refractivity contribution in [2.24, 2.45) is 5.73 Å². The molecule has 2 atom stereocenters. The van der Waals surface area contributed by atoms with Crippen molar-refractivity contribution in [3.63, 3.8) is 0 Å². The van der Waals surface area contributed by atoms with Crippen LogP contribution in [0.3, 0.4) is 0 Å². The summed E-state index contributed by atoms with van der Waals surface area (Å²) < 4.78 is 0. The molecule has 10 nitrogen and oxygen atoms in total. The van der Waals surface area contributed by atoms with Crippen molar-refractivity contribution >= 4 is 34.5 Å². The number of piperazine rings is 1. The van der Waals surface area contributed by atoms with Crippen molar-refractivity contribution in [2.45, 2.75) is 18.5 Å². The number of hydrogen-bond donors (Lipinski definition) is 2. The summed E-state index contributed by atoms with van der Waals surface area (Å²) in [4.78, 5) is 46.6. The molecule has 10 heteroatoms. The number of rotatable bonds is 4. The average molecular weight is 406 g/mol. The first-order valence-corrected chi connectivity index (χ1v) is 9.53. The summed E-state index contributed by atoms with van der Waals surface area (Å²) in [5.74, 6) is 0.00719. The molecule has 2 aliphatic rings. The number of carbonyl (C=O) groups excluding carboxylic acids is 2. The number of aromatic amines is 1. The van der Waals surface area contributed by atoms with Gasteiger partial charge in [-0.1, -0.05) is 6.07 Å². The quantitative estimate of drug-likeness (QED) is 0.499. The summed E-state index contributed by atoms with van der Waals surface area (Å²) in [5, 5.41) is 10.8. The second kappa shape index (κ2) is 6.55. The van der Waals surface area contributed by atoms with Gasteiger partial charge in [-0.05, 0) is 30.7 Å². The van der Waals surface area contributed by atoms with Crippen LogP contribution in [0, 0.1) is 10.1 Å². The Labute approximate surface area is 170 Å². The Balaban J connectivity index is 1.35. The van der Waals surface area contributed by atoms with Crippen LogP contribution in [-0.2, 0) is 0 Å². The molecule has 0 unspecified atom stereocenters. The molecule has 2 fully saturated rings. The predicted octanol–water partition coefficient (Wildman–Crippen LogP) is 1.67. The van der Waals surface area contributed by atoms with Crippen LogP contribution in [-0.4, -0.2) is 56.8 Å². The van der Waals surface area contributed by atoms with Crippen LogP contribution < -0.4 is 10.6 Å². The third-order valence-electron chi connectivity index (χ3n) is 5.86. The molecule has 2 aromatic carbocycles. The normalized spacial score (nSPS) is 20.1. The fraction of sp³-hybridized carbons (Fsp3) is 0.250. The zero-order valence-corrected chi connectivity index (χ0v) is 15.8. The minimum absolute atomic E-state index is 0.0292. The van der Waals surface area contributed by atoms with Crippen LogP contribution in [0.1, 0.15) is 27.1 Å². The van der Waals surface area contributed by atoms with Gasteiger partial charge in [0.25, 0.3) is 17.5 Å². The van der Waals surface area contributed by atoms with Gasteiger partial charge in [-0.15, -0.1) is 0 Å². The largest absolute Gasteiger partial charge is 0.366 e. The van der Waals surface area contributed by atoms with Gasteiger partial charge in [-0.2, -0.15) is 0 Å². The monoisotopic (exact) mass is 406 g/mol. The van der Waals surface area contributed by atoms with Gasteiger partial charge >= 0.3 is 0 Å². The summed E-state index contributed by atoms with van der Waals surface area (Å²) in [7, 11) is 0. The smallest absolute Gasteiger partial charge is 0.269 e. The Hall–Kier alpha value is -3.95. The van der Waals surface area contributed by atoms with Crippen LogP contribution in [0.5, 0.6) is 0 Å². The van der Waals surface area contributed by atoms with Crippen LogP contribution in [0.4, 0.5) is 11.6 Å². The summed E-state index contributed by atoms with van der Waals surface area (Å²) in [5.41, 5.74) is 7.50. The Morgan fingerprint density at radius 1 is 1.13 bits per heavy atom. The molecule has 0 radical (unpaired) electrons. The molecule has 152 valence electrons. The Bertz CT molecular complexity index is 1190. The maximum Gasteiger partial charge on any atom is 0.269 e. The molecule has 5 rings (SSSR count). The molecule has 0 saturated carbocycles. The SMILES string of the molecule is NC(=O)c1cccc2[nH]c(N3C[C@@H]4C[C@@H]3CN4C(=O)c3ccc([N+](=O)[O-])cc3)nc12. The number of nitro benzene ring substituents is 1. The Kier molecular flexibility index (Phi) is 3.95. The van der Waals surface area contributed by atoms with Crippen molar-refractivity contribution < 1.29 is 14.5 Å². The van der Waals surface area contributed by atoms with E-state index < -0.39 is 10.8 Å². The number of carbonyl (C=O) groups is 2. The standard InChI is InChI=1S/C20H18N6O4/c21-18(27)15-2-1-3-16-17(15)23-20(22-16)25-10-13-8-14(25)9-24(13)19(28)11-4-6-12(7-5-11)26(29)30/h1-7,13-14H,8-10H2,(H2,21,27)(H,22,23)/t13-,14+/m0/s1. The van der Waals surface area contributed by atoms with E-state index >= 15 is 0 Å². The molecule has 30 heavy (non-hydrogen) atoms. The maximum absolute atomic E-state index is 12.9. The number of H-pyrrole nitrogens is 1. The number of hydrogen-bond acceptors (Lipinski definition) is 6. The maximum atomic E-state index is 12.9. The number of non-ortho nitro benzene ring substituents is 1. The van der Waals surface area contributed by atoms with Gasteiger partial charge in [0.15, 0.2) is 0 Å². The van der Waals surface area contributed by atoms with Crippen molar-refractivity contribution in [2.75, 3.05) is 18.0 Å². The Morgan fingerprint density at radius 2 is 1.90 bits per heavy atom. The minimum atomic E-state index is -0.526. The second-order valence-corrected chi connectivity index (χ2v) is 7.58. The number of aromatic nitrogens is 2. The van der Waals surface area contributed by atoms with E-state index in [2.05, 4.69) is 14.9 Å². The van der Waals surface area contributed by atoms with E-state index in [1.165, 1.54) is 24.3 Å². The van der Waals surface area contributed by atoms with Gasteiger partial charge < -0.3 is 20.5 Å². The Morgan fingerprint density at radius 3 is 2.53 bits per heavy atom. The first-order valence-electron chi connectivity index (χ1n) is 9.53. The molecular formula is C20H18N6O4. The molecule has 0 aliphatic carbocycles. The number of nitrogens with one attached hydrogen (secondary N) is 1. The number of imidazole rings is 1. The molecule has 3 heterocycles. The zero-order chi connectivity index (χ0) is 21.0. The van der Waals surface area contributed by atoms with E-state index in [0.717, 1.165) is 11.9 Å². The molecule has 1 aromatic heterocycles. The third-order valence-corrected chi connectivity index (χ3v) is 5.86. The van der Waals surface area contributed by atoms with E-state index in [1.807, 2.05) is 11.0 Å². The summed E-state index contributed by atoms with van der Waals surface area (Å²) in [6.45, 7) is 1.16. The average Bonchev–Trinajstić information content (AvgIpc) is 3.46. The number of primary amides is 1. The van der Waals surface area contributed by atoms with Crippen molar-refractivity contribution in [3.8, 4) is 0 Å². The highest BCUT2D eigenvalue weighted by molar-refractivity contribution is 6.04.